The van der Waals surface area contributed by atoms with Gasteiger partial charge < -0.3 is 4.74 Å². The van der Waals surface area contributed by atoms with Crippen LogP contribution in [0, 0.1) is 11.6 Å². The highest BCUT2D eigenvalue weighted by molar-refractivity contribution is 9.10. The molecule has 20 heavy (non-hydrogen) atoms. The number of hydrogen-bond donors (Lipinski definition) is 0. The van der Waals surface area contributed by atoms with E-state index in [1.165, 1.54) is 31.4 Å². The maximum absolute atomic E-state index is 13.5. The lowest BCUT2D eigenvalue weighted by molar-refractivity contribution is 0.406. The number of benzene rings is 2. The Bertz CT molecular complexity index is 649. The summed E-state index contributed by atoms with van der Waals surface area (Å²) >= 11 is 15.1. The third-order valence-electron chi connectivity index (χ3n) is 2.78. The van der Waals surface area contributed by atoms with Crippen LogP contribution >= 0.6 is 39.1 Å². The van der Waals surface area contributed by atoms with Crippen LogP contribution in [0.25, 0.3) is 0 Å². The molecule has 0 heterocycles. The Balaban J connectivity index is 2.49. The minimum absolute atomic E-state index is 0.0184. The highest BCUT2D eigenvalue weighted by Crippen LogP contribution is 2.38. The van der Waals surface area contributed by atoms with Gasteiger partial charge in [0.25, 0.3) is 0 Å². The van der Waals surface area contributed by atoms with Gasteiger partial charge in [-0.2, -0.15) is 0 Å². The molecule has 0 aliphatic rings. The molecule has 1 atom stereocenters. The van der Waals surface area contributed by atoms with Crippen LogP contribution in [0.4, 0.5) is 8.78 Å². The summed E-state index contributed by atoms with van der Waals surface area (Å²) in [5, 5.41) is -0.668. The predicted octanol–water partition coefficient (Wildman–Crippen LogP) is 5.72. The summed E-state index contributed by atoms with van der Waals surface area (Å²) in [5.41, 5.74) is 1.04. The van der Waals surface area contributed by atoms with E-state index in [1.807, 2.05) is 0 Å². The quantitative estimate of drug-likeness (QED) is 0.618. The number of methoxy groups -OCH3 is 1. The van der Waals surface area contributed by atoms with Crippen molar-refractivity contribution in [1.29, 1.82) is 0 Å². The predicted molar refractivity (Wildman–Crippen MR) is 79.8 cm³/mol. The topological polar surface area (TPSA) is 9.23 Å². The third-order valence-corrected chi connectivity index (χ3v) is 4.18. The van der Waals surface area contributed by atoms with Crippen LogP contribution in [-0.2, 0) is 0 Å². The van der Waals surface area contributed by atoms with Crippen molar-refractivity contribution in [3.8, 4) is 5.75 Å². The second-order valence-corrected chi connectivity index (χ2v) is 5.74. The van der Waals surface area contributed by atoms with E-state index in [1.54, 1.807) is 6.07 Å². The summed E-state index contributed by atoms with van der Waals surface area (Å²) < 4.78 is 32.3. The molecule has 2 aromatic rings. The molecule has 0 bridgehead atoms. The van der Waals surface area contributed by atoms with Crippen LogP contribution in [0.2, 0.25) is 5.02 Å². The zero-order chi connectivity index (χ0) is 14.9. The van der Waals surface area contributed by atoms with Crippen molar-refractivity contribution in [2.24, 2.45) is 0 Å². The molecule has 1 nitrogen and oxygen atoms in total. The fourth-order valence-corrected chi connectivity index (χ4v) is 2.55. The molecule has 106 valence electrons. The molecule has 2 rings (SSSR count). The van der Waals surface area contributed by atoms with E-state index in [4.69, 9.17) is 27.9 Å². The van der Waals surface area contributed by atoms with E-state index < -0.39 is 17.0 Å². The molecule has 0 aliphatic carbocycles. The van der Waals surface area contributed by atoms with Crippen LogP contribution in [-0.4, -0.2) is 7.11 Å². The normalized spacial score (nSPS) is 12.3. The lowest BCUT2D eigenvalue weighted by Gasteiger charge is -2.15. The van der Waals surface area contributed by atoms with Crippen molar-refractivity contribution in [3.05, 3.63) is 62.6 Å². The number of rotatable bonds is 3. The van der Waals surface area contributed by atoms with Gasteiger partial charge in [0.1, 0.15) is 17.4 Å². The van der Waals surface area contributed by atoms with Crippen molar-refractivity contribution in [2.75, 3.05) is 7.11 Å². The summed E-state index contributed by atoms with van der Waals surface area (Å²) in [7, 11) is 1.41. The average molecular weight is 382 g/mol. The number of alkyl halides is 1. The van der Waals surface area contributed by atoms with Crippen molar-refractivity contribution in [2.45, 2.75) is 5.38 Å². The van der Waals surface area contributed by atoms with Gasteiger partial charge in [0.2, 0.25) is 0 Å². The Kier molecular flexibility index (Phi) is 4.89. The third kappa shape index (κ3) is 3.08. The SMILES string of the molecule is COc1cc(F)c(Br)cc1C(Cl)c1ccc(Cl)c(F)c1. The highest BCUT2D eigenvalue weighted by atomic mass is 79.9. The summed E-state index contributed by atoms with van der Waals surface area (Å²) in [5.74, 6) is -0.729. The van der Waals surface area contributed by atoms with Crippen molar-refractivity contribution in [1.82, 2.24) is 0 Å². The van der Waals surface area contributed by atoms with Crippen LogP contribution < -0.4 is 4.74 Å². The van der Waals surface area contributed by atoms with Crippen molar-refractivity contribution in [3.63, 3.8) is 0 Å². The monoisotopic (exact) mass is 380 g/mol. The van der Waals surface area contributed by atoms with Crippen LogP contribution in [0.1, 0.15) is 16.5 Å². The highest BCUT2D eigenvalue weighted by Gasteiger charge is 2.19. The largest absolute Gasteiger partial charge is 0.496 e. The molecule has 6 heteroatoms. The molecule has 0 radical (unpaired) electrons. The van der Waals surface area contributed by atoms with Gasteiger partial charge in [-0.1, -0.05) is 17.7 Å². The minimum Gasteiger partial charge on any atom is -0.496 e. The summed E-state index contributed by atoms with van der Waals surface area (Å²) in [4.78, 5) is 0. The Morgan fingerprint density at radius 1 is 1.15 bits per heavy atom. The Morgan fingerprint density at radius 2 is 1.85 bits per heavy atom. The van der Waals surface area contributed by atoms with Gasteiger partial charge >= 0.3 is 0 Å². The van der Waals surface area contributed by atoms with Gasteiger partial charge in [-0.05, 0) is 39.7 Å². The second kappa shape index (κ2) is 6.29. The van der Waals surface area contributed by atoms with E-state index in [2.05, 4.69) is 15.9 Å². The molecule has 0 spiro atoms. The maximum atomic E-state index is 13.5. The van der Waals surface area contributed by atoms with Gasteiger partial charge in [-0.25, -0.2) is 8.78 Å². The fourth-order valence-electron chi connectivity index (χ4n) is 1.77. The van der Waals surface area contributed by atoms with E-state index in [0.29, 0.717) is 16.9 Å². The Labute approximate surface area is 133 Å². The average Bonchev–Trinajstić information content (AvgIpc) is 2.43. The van der Waals surface area contributed by atoms with Crippen LogP contribution in [0.5, 0.6) is 5.75 Å². The summed E-state index contributed by atoms with van der Waals surface area (Å²) in [6.45, 7) is 0. The number of ether oxygens (including phenoxy) is 1. The molecule has 0 amide bonds. The minimum atomic E-state index is -0.686. The Morgan fingerprint density at radius 3 is 2.45 bits per heavy atom. The number of hydrogen-bond acceptors (Lipinski definition) is 1. The standard InChI is InChI=1S/C14H9BrCl2F2O/c1-20-13-6-11(18)9(15)5-8(13)14(17)7-2-3-10(16)12(19)4-7/h2-6,14H,1H3. The molecule has 0 saturated heterocycles. The molecule has 0 aromatic heterocycles. The zero-order valence-electron chi connectivity index (χ0n) is 10.3. The van der Waals surface area contributed by atoms with Gasteiger partial charge in [0.15, 0.2) is 0 Å². The lowest BCUT2D eigenvalue weighted by atomic mass is 10.0. The first kappa shape index (κ1) is 15.5. The molecule has 2 aromatic carbocycles. The first-order valence-corrected chi connectivity index (χ1v) is 7.16. The summed E-state index contributed by atoms with van der Waals surface area (Å²) in [6.07, 6.45) is 0. The van der Waals surface area contributed by atoms with Crippen molar-refractivity contribution < 1.29 is 13.5 Å². The fraction of sp³-hybridized carbons (Fsp3) is 0.143. The molecular formula is C14H9BrCl2F2O. The van der Waals surface area contributed by atoms with Gasteiger partial charge in [0.05, 0.1) is 22.0 Å². The van der Waals surface area contributed by atoms with E-state index in [9.17, 15) is 8.78 Å². The molecule has 1 unspecified atom stereocenters. The van der Waals surface area contributed by atoms with Crippen LogP contribution in [0.3, 0.4) is 0 Å². The van der Waals surface area contributed by atoms with E-state index in [-0.39, 0.29) is 9.50 Å². The van der Waals surface area contributed by atoms with Crippen molar-refractivity contribution >= 4 is 39.1 Å². The molecule has 0 saturated carbocycles. The van der Waals surface area contributed by atoms with Gasteiger partial charge in [0, 0.05) is 11.6 Å². The molecule has 0 N–H and O–H groups in total. The van der Waals surface area contributed by atoms with Gasteiger partial charge in [-0.15, -0.1) is 11.6 Å². The second-order valence-electron chi connectivity index (χ2n) is 4.04. The van der Waals surface area contributed by atoms with E-state index >= 15 is 0 Å². The molecule has 0 aliphatic heterocycles. The Hall–Kier alpha value is -0.840. The first-order valence-electron chi connectivity index (χ1n) is 5.56. The van der Waals surface area contributed by atoms with Gasteiger partial charge in [-0.3, -0.25) is 0 Å². The molecular weight excluding hydrogens is 373 g/mol. The van der Waals surface area contributed by atoms with Crippen LogP contribution in [0.15, 0.2) is 34.8 Å². The molecule has 0 fully saturated rings. The smallest absolute Gasteiger partial charge is 0.142 e. The zero-order valence-corrected chi connectivity index (χ0v) is 13.4. The summed E-state index contributed by atoms with van der Waals surface area (Å²) in [6, 6.07) is 7.02. The van der Waals surface area contributed by atoms with E-state index in [0.717, 1.165) is 0 Å². The first-order chi connectivity index (χ1) is 9.43. The number of halogens is 5. The lowest BCUT2D eigenvalue weighted by Crippen LogP contribution is -1.99. The maximum Gasteiger partial charge on any atom is 0.142 e.